The summed E-state index contributed by atoms with van der Waals surface area (Å²) in [6.07, 6.45) is 20.0. The Balaban J connectivity index is 1.80. The molecule has 0 spiro atoms. The van der Waals surface area contributed by atoms with Crippen molar-refractivity contribution >= 4 is 16.1 Å². The first kappa shape index (κ1) is 35.5. The average molecular weight is 571 g/mol. The zero-order valence-electron chi connectivity index (χ0n) is 24.6. The quantitative estimate of drug-likeness (QED) is 0.0613. The van der Waals surface area contributed by atoms with Gasteiger partial charge in [0.05, 0.1) is 37.9 Å². The van der Waals surface area contributed by atoms with Gasteiger partial charge < -0.3 is 14.2 Å². The van der Waals surface area contributed by atoms with Crippen LogP contribution in [-0.2, 0) is 33.3 Å². The van der Waals surface area contributed by atoms with E-state index in [4.69, 9.17) is 18.4 Å². The number of rotatable bonds is 27. The van der Waals surface area contributed by atoms with Crippen LogP contribution in [0.15, 0.2) is 29.2 Å². The van der Waals surface area contributed by atoms with Gasteiger partial charge in [-0.15, -0.1) is 0 Å². The summed E-state index contributed by atoms with van der Waals surface area (Å²) in [4.78, 5) is 11.9. The minimum Gasteiger partial charge on any atom is -0.463 e. The summed E-state index contributed by atoms with van der Waals surface area (Å²) in [5.41, 5.74) is 0.979. The highest BCUT2D eigenvalue weighted by Crippen LogP contribution is 2.14. The Hall–Kier alpha value is -1.48. The van der Waals surface area contributed by atoms with E-state index in [2.05, 4.69) is 6.92 Å². The highest BCUT2D eigenvalue weighted by Gasteiger charge is 2.14. The molecule has 0 aromatic heterocycles. The first-order chi connectivity index (χ1) is 19.0. The average Bonchev–Trinajstić information content (AvgIpc) is 2.92. The molecule has 0 radical (unpaired) electrons. The molecule has 0 heterocycles. The molecule has 0 N–H and O–H groups in total. The van der Waals surface area contributed by atoms with Crippen LogP contribution in [0.5, 0.6) is 0 Å². The molecule has 0 fully saturated rings. The lowest BCUT2D eigenvalue weighted by Gasteiger charge is -2.08. The lowest BCUT2D eigenvalue weighted by molar-refractivity contribution is -0.145. The van der Waals surface area contributed by atoms with Crippen molar-refractivity contribution in [1.29, 1.82) is 0 Å². The summed E-state index contributed by atoms with van der Waals surface area (Å²) in [5, 5.41) is 0. The summed E-state index contributed by atoms with van der Waals surface area (Å²) >= 11 is 0. The van der Waals surface area contributed by atoms with E-state index in [0.717, 1.165) is 18.4 Å². The van der Waals surface area contributed by atoms with E-state index >= 15 is 0 Å². The fraction of sp³-hybridized carbons (Fsp3) is 0.774. The molecule has 1 aromatic rings. The Kier molecular flexibility index (Phi) is 22.2. The van der Waals surface area contributed by atoms with Gasteiger partial charge >= 0.3 is 5.97 Å². The Morgan fingerprint density at radius 3 is 1.56 bits per heavy atom. The number of hydrogen-bond donors (Lipinski definition) is 0. The minimum atomic E-state index is -3.77. The van der Waals surface area contributed by atoms with Gasteiger partial charge in [-0.25, -0.2) is 0 Å². The van der Waals surface area contributed by atoms with Crippen LogP contribution >= 0.6 is 0 Å². The van der Waals surface area contributed by atoms with Crippen LogP contribution in [0.4, 0.5) is 0 Å². The maximum Gasteiger partial charge on any atom is 0.305 e. The molecule has 7 nitrogen and oxygen atoms in total. The van der Waals surface area contributed by atoms with Crippen LogP contribution in [0.1, 0.15) is 115 Å². The van der Waals surface area contributed by atoms with Crippen molar-refractivity contribution in [3.05, 3.63) is 29.8 Å². The van der Waals surface area contributed by atoms with Crippen molar-refractivity contribution < 1.29 is 31.6 Å². The maximum absolute atomic E-state index is 12.1. The lowest BCUT2D eigenvalue weighted by Crippen LogP contribution is -2.15. The molecule has 0 aliphatic carbocycles. The molecule has 0 amide bonds. The Bertz CT molecular complexity index is 809. The molecule has 1 aromatic carbocycles. The summed E-state index contributed by atoms with van der Waals surface area (Å²) in [6.45, 7) is 5.42. The van der Waals surface area contributed by atoms with Gasteiger partial charge in [-0.3, -0.25) is 8.98 Å². The molecule has 1 rings (SSSR count). The maximum atomic E-state index is 12.1. The molecule has 0 aliphatic heterocycles. The second kappa shape index (κ2) is 24.3. The molecule has 0 atom stereocenters. The van der Waals surface area contributed by atoms with Gasteiger partial charge in [0.25, 0.3) is 10.1 Å². The van der Waals surface area contributed by atoms with E-state index in [0.29, 0.717) is 26.2 Å². The molecule has 0 saturated heterocycles. The molecule has 0 saturated carbocycles. The van der Waals surface area contributed by atoms with Gasteiger partial charge in [0.15, 0.2) is 0 Å². The Labute approximate surface area is 238 Å². The number of benzene rings is 1. The van der Waals surface area contributed by atoms with Crippen molar-refractivity contribution in [3.8, 4) is 0 Å². The van der Waals surface area contributed by atoms with E-state index in [1.54, 1.807) is 12.1 Å². The van der Waals surface area contributed by atoms with Gasteiger partial charge in [0, 0.05) is 6.42 Å². The Morgan fingerprint density at radius 1 is 0.615 bits per heavy atom. The lowest BCUT2D eigenvalue weighted by atomic mass is 10.0. The van der Waals surface area contributed by atoms with Gasteiger partial charge in [-0.05, 0) is 25.5 Å². The normalized spacial score (nSPS) is 11.6. The van der Waals surface area contributed by atoms with E-state index < -0.39 is 10.1 Å². The zero-order chi connectivity index (χ0) is 28.4. The third kappa shape index (κ3) is 21.0. The molecular weight excluding hydrogens is 516 g/mol. The summed E-state index contributed by atoms with van der Waals surface area (Å²) in [6, 6.07) is 6.49. The predicted octanol–water partition coefficient (Wildman–Crippen LogP) is 7.54. The highest BCUT2D eigenvalue weighted by atomic mass is 32.2. The van der Waals surface area contributed by atoms with Crippen LogP contribution in [0, 0.1) is 6.92 Å². The van der Waals surface area contributed by atoms with Crippen molar-refractivity contribution in [2.75, 3.05) is 39.6 Å². The fourth-order valence-electron chi connectivity index (χ4n) is 4.22. The molecule has 226 valence electrons. The van der Waals surface area contributed by atoms with Gasteiger partial charge in [0.1, 0.15) is 6.61 Å². The summed E-state index contributed by atoms with van der Waals surface area (Å²) in [5.74, 6) is -0.170. The molecule has 0 aliphatic rings. The third-order valence-electron chi connectivity index (χ3n) is 6.62. The topological polar surface area (TPSA) is 88.1 Å². The van der Waals surface area contributed by atoms with E-state index in [-0.39, 0.29) is 30.7 Å². The number of carbonyl (C=O) groups is 1. The van der Waals surface area contributed by atoms with Crippen LogP contribution < -0.4 is 0 Å². The number of unbranched alkanes of at least 4 members (excludes halogenated alkanes) is 14. The fourth-order valence-corrected chi connectivity index (χ4v) is 5.12. The molecular formula is C31H54O7S. The monoisotopic (exact) mass is 570 g/mol. The first-order valence-electron chi connectivity index (χ1n) is 15.2. The number of aryl methyl sites for hydroxylation is 1. The second-order valence-electron chi connectivity index (χ2n) is 10.2. The SMILES string of the molecule is CCCCCCCCCCCCCCCCCC(=O)OCCOCCOCCOS(=O)(=O)c1ccc(C)cc1. The van der Waals surface area contributed by atoms with Crippen molar-refractivity contribution in [1.82, 2.24) is 0 Å². The number of esters is 1. The molecule has 0 bridgehead atoms. The van der Waals surface area contributed by atoms with Crippen molar-refractivity contribution in [3.63, 3.8) is 0 Å². The number of ether oxygens (including phenoxy) is 3. The van der Waals surface area contributed by atoms with Crippen LogP contribution in [0.25, 0.3) is 0 Å². The van der Waals surface area contributed by atoms with Gasteiger partial charge in [0.2, 0.25) is 0 Å². The molecule has 0 unspecified atom stereocenters. The largest absolute Gasteiger partial charge is 0.463 e. The number of hydrogen-bond acceptors (Lipinski definition) is 7. The number of carbonyl (C=O) groups excluding carboxylic acids is 1. The third-order valence-corrected chi connectivity index (χ3v) is 7.95. The first-order valence-corrected chi connectivity index (χ1v) is 16.6. The van der Waals surface area contributed by atoms with Crippen LogP contribution in [0.2, 0.25) is 0 Å². The van der Waals surface area contributed by atoms with E-state index in [1.165, 1.54) is 95.6 Å². The second-order valence-corrected chi connectivity index (χ2v) is 11.8. The molecule has 8 heteroatoms. The van der Waals surface area contributed by atoms with Crippen molar-refractivity contribution in [2.45, 2.75) is 121 Å². The van der Waals surface area contributed by atoms with Crippen molar-refractivity contribution in [2.24, 2.45) is 0 Å². The van der Waals surface area contributed by atoms with Gasteiger partial charge in [-0.1, -0.05) is 115 Å². The van der Waals surface area contributed by atoms with E-state index in [1.807, 2.05) is 6.92 Å². The summed E-state index contributed by atoms with van der Waals surface area (Å²) < 4.78 is 45.0. The van der Waals surface area contributed by atoms with Gasteiger partial charge in [-0.2, -0.15) is 8.42 Å². The Morgan fingerprint density at radius 2 is 1.05 bits per heavy atom. The van der Waals surface area contributed by atoms with Crippen LogP contribution in [0.3, 0.4) is 0 Å². The highest BCUT2D eigenvalue weighted by molar-refractivity contribution is 7.86. The standard InChI is InChI=1S/C31H54O7S/c1-3-4-5-6-7-8-9-10-11-12-13-14-15-16-17-18-31(32)37-27-25-35-23-24-36-26-28-38-39(33,34)30-21-19-29(2)20-22-30/h19-22H,3-18,23-28H2,1-2H3. The zero-order valence-corrected chi connectivity index (χ0v) is 25.4. The smallest absolute Gasteiger partial charge is 0.305 e. The van der Waals surface area contributed by atoms with E-state index in [9.17, 15) is 13.2 Å². The minimum absolute atomic E-state index is 0.0624. The predicted molar refractivity (Wildman–Crippen MR) is 156 cm³/mol. The van der Waals surface area contributed by atoms with Crippen LogP contribution in [-0.4, -0.2) is 54.0 Å². The molecule has 39 heavy (non-hydrogen) atoms. The summed E-state index contributed by atoms with van der Waals surface area (Å²) in [7, 11) is -3.77.